The van der Waals surface area contributed by atoms with Gasteiger partial charge in [-0.1, -0.05) is 13.0 Å². The SMILES string of the molecule is [CH2-][SiH2]CC.[Li+]. The minimum atomic E-state index is 0. The van der Waals surface area contributed by atoms with Crippen molar-refractivity contribution in [2.24, 2.45) is 0 Å². The topological polar surface area (TPSA) is 0 Å². The van der Waals surface area contributed by atoms with Crippen molar-refractivity contribution in [2.45, 2.75) is 13.0 Å². The maximum atomic E-state index is 3.74. The molecule has 0 N–H and O–H groups in total. The second kappa shape index (κ2) is 8.84. The molecule has 5 heavy (non-hydrogen) atoms. The fourth-order valence-corrected chi connectivity index (χ4v) is 0. The van der Waals surface area contributed by atoms with E-state index in [9.17, 15) is 0 Å². The molecule has 0 aromatic rings. The predicted molar refractivity (Wildman–Crippen MR) is 24.4 cm³/mol. The Kier molecular flexibility index (Phi) is 16.4. The fourth-order valence-electron chi connectivity index (χ4n) is 0. The van der Waals surface area contributed by atoms with Crippen molar-refractivity contribution in [3.8, 4) is 0 Å². The van der Waals surface area contributed by atoms with Crippen molar-refractivity contribution >= 4 is 9.52 Å². The molecule has 0 aromatic heterocycles. The van der Waals surface area contributed by atoms with Gasteiger partial charge in [0.2, 0.25) is 0 Å². The molecular formula is C3H9LiSi. The average Bonchev–Trinajstić information content (AvgIpc) is 1.37. The van der Waals surface area contributed by atoms with Crippen LogP contribution in [-0.2, 0) is 0 Å². The molecule has 0 aliphatic rings. The molecule has 0 nitrogen and oxygen atoms in total. The summed E-state index contributed by atoms with van der Waals surface area (Å²) < 4.78 is 0. The Labute approximate surface area is 48.3 Å². The van der Waals surface area contributed by atoms with E-state index < -0.39 is 0 Å². The smallest absolute Gasteiger partial charge is 0.348 e. The molecule has 0 bridgehead atoms. The standard InChI is InChI=1S/C3H9Si.Li/c1-3-4-2;/h2-4H2,1H3;/q-1;+1. The van der Waals surface area contributed by atoms with Gasteiger partial charge in [0.25, 0.3) is 0 Å². The first-order chi connectivity index (χ1) is 1.91. The second-order valence-corrected chi connectivity index (χ2v) is 2.56. The van der Waals surface area contributed by atoms with Crippen LogP contribution in [0.3, 0.4) is 0 Å². The summed E-state index contributed by atoms with van der Waals surface area (Å²) in [6.07, 6.45) is 0. The number of hydrogen-bond acceptors (Lipinski definition) is 0. The summed E-state index contributed by atoms with van der Waals surface area (Å²) in [4.78, 5) is 0. The van der Waals surface area contributed by atoms with Crippen LogP contribution in [0.4, 0.5) is 0 Å². The van der Waals surface area contributed by atoms with Crippen LogP contribution >= 0.6 is 0 Å². The molecule has 0 rings (SSSR count). The van der Waals surface area contributed by atoms with Crippen LogP contribution in [0.5, 0.6) is 0 Å². The Morgan fingerprint density at radius 1 is 1.80 bits per heavy atom. The predicted octanol–water partition coefficient (Wildman–Crippen LogP) is -2.61. The zero-order chi connectivity index (χ0) is 3.41. The van der Waals surface area contributed by atoms with Gasteiger partial charge in [0.15, 0.2) is 0 Å². The average molecular weight is 80.1 g/mol. The van der Waals surface area contributed by atoms with Gasteiger partial charge in [0.05, 0.1) is 0 Å². The van der Waals surface area contributed by atoms with Gasteiger partial charge in [-0.2, -0.15) is 0 Å². The number of hydrogen-bond donors (Lipinski definition) is 0. The van der Waals surface area contributed by atoms with Gasteiger partial charge in [-0.25, -0.2) is 0 Å². The van der Waals surface area contributed by atoms with Gasteiger partial charge in [0, 0.05) is 0 Å². The Bertz CT molecular complexity index is 8.85. The molecule has 0 spiro atoms. The largest absolute Gasteiger partial charge is 1.00 e. The normalized spacial score (nSPS) is 8.40. The second-order valence-electron chi connectivity index (χ2n) is 0.854. The quantitative estimate of drug-likeness (QED) is 0.239. The molecule has 26 valence electrons. The van der Waals surface area contributed by atoms with Crippen LogP contribution in [0.15, 0.2) is 0 Å². The van der Waals surface area contributed by atoms with Gasteiger partial charge >= 0.3 is 18.9 Å². The van der Waals surface area contributed by atoms with Gasteiger partial charge < -0.3 is 6.55 Å². The van der Waals surface area contributed by atoms with E-state index in [2.05, 4.69) is 13.5 Å². The van der Waals surface area contributed by atoms with Crippen LogP contribution in [0.25, 0.3) is 0 Å². The minimum Gasteiger partial charge on any atom is -0.348 e. The van der Waals surface area contributed by atoms with Crippen LogP contribution in [0, 0.1) is 6.55 Å². The summed E-state index contributed by atoms with van der Waals surface area (Å²) in [5, 5.41) is 0. The Hall–Kier alpha value is 0.814. The van der Waals surface area contributed by atoms with E-state index in [1.165, 1.54) is 6.04 Å². The first-order valence-electron chi connectivity index (χ1n) is 1.71. The molecule has 0 heterocycles. The summed E-state index contributed by atoms with van der Waals surface area (Å²) in [7, 11) is 0.174. The van der Waals surface area contributed by atoms with E-state index in [-0.39, 0.29) is 28.4 Å². The van der Waals surface area contributed by atoms with E-state index in [0.717, 1.165) is 0 Å². The molecule has 0 aliphatic carbocycles. The Balaban J connectivity index is 0. The van der Waals surface area contributed by atoms with Gasteiger partial charge in [-0.15, -0.1) is 9.52 Å². The maximum absolute atomic E-state index is 3.74. The third kappa shape index (κ3) is 11.6. The number of rotatable bonds is 1. The first kappa shape index (κ1) is 9.26. The van der Waals surface area contributed by atoms with Crippen LogP contribution in [-0.4, -0.2) is 9.52 Å². The molecule has 0 amide bonds. The zero-order valence-corrected chi connectivity index (χ0v) is 5.54. The van der Waals surface area contributed by atoms with E-state index >= 15 is 0 Å². The summed E-state index contributed by atoms with van der Waals surface area (Å²) in [5.74, 6) is 0. The third-order valence-electron chi connectivity index (χ3n) is 0.354. The van der Waals surface area contributed by atoms with Crippen molar-refractivity contribution in [1.29, 1.82) is 0 Å². The molecule has 0 fully saturated rings. The fraction of sp³-hybridized carbons (Fsp3) is 0.667. The molecule has 0 radical (unpaired) electrons. The molecule has 0 aromatic carbocycles. The Morgan fingerprint density at radius 2 is 2.00 bits per heavy atom. The zero-order valence-electron chi connectivity index (χ0n) is 4.12. The monoisotopic (exact) mass is 80.1 g/mol. The summed E-state index contributed by atoms with van der Waals surface area (Å²) in [6.45, 7) is 5.92. The van der Waals surface area contributed by atoms with E-state index in [4.69, 9.17) is 0 Å². The van der Waals surface area contributed by atoms with Gasteiger partial charge in [0.1, 0.15) is 0 Å². The van der Waals surface area contributed by atoms with Crippen LogP contribution in [0.2, 0.25) is 6.04 Å². The van der Waals surface area contributed by atoms with Gasteiger partial charge in [-0.3, -0.25) is 0 Å². The van der Waals surface area contributed by atoms with Crippen molar-refractivity contribution in [3.63, 3.8) is 0 Å². The van der Waals surface area contributed by atoms with Gasteiger partial charge in [-0.05, 0) is 0 Å². The molecule has 0 aliphatic heterocycles. The summed E-state index contributed by atoms with van der Waals surface area (Å²) >= 11 is 0. The van der Waals surface area contributed by atoms with E-state index in [0.29, 0.717) is 0 Å². The maximum Gasteiger partial charge on any atom is 1.00 e. The third-order valence-corrected chi connectivity index (χ3v) is 1.06. The molecule has 0 saturated heterocycles. The van der Waals surface area contributed by atoms with Crippen molar-refractivity contribution < 1.29 is 18.9 Å². The Morgan fingerprint density at radius 3 is 2.00 bits per heavy atom. The van der Waals surface area contributed by atoms with E-state index in [1.807, 2.05) is 0 Å². The first-order valence-corrected chi connectivity index (χ1v) is 3.71. The summed E-state index contributed by atoms with van der Waals surface area (Å²) in [5.41, 5.74) is 0. The molecule has 0 saturated carbocycles. The van der Waals surface area contributed by atoms with Crippen LogP contribution < -0.4 is 18.9 Å². The minimum absolute atomic E-state index is 0. The van der Waals surface area contributed by atoms with E-state index in [1.54, 1.807) is 0 Å². The van der Waals surface area contributed by atoms with Crippen molar-refractivity contribution in [2.75, 3.05) is 0 Å². The molecular weight excluding hydrogens is 71.1 g/mol. The van der Waals surface area contributed by atoms with Crippen molar-refractivity contribution in [1.82, 2.24) is 0 Å². The van der Waals surface area contributed by atoms with Crippen molar-refractivity contribution in [3.05, 3.63) is 6.55 Å². The molecule has 2 heteroatoms. The summed E-state index contributed by atoms with van der Waals surface area (Å²) in [6, 6.07) is 1.35. The molecule has 0 atom stereocenters. The molecule has 0 unspecified atom stereocenters. The van der Waals surface area contributed by atoms with Crippen LogP contribution in [0.1, 0.15) is 6.92 Å².